The van der Waals surface area contributed by atoms with Crippen molar-refractivity contribution in [1.82, 2.24) is 0 Å². The molecule has 0 bridgehead atoms. The van der Waals surface area contributed by atoms with E-state index in [2.05, 4.69) is 256 Å². The summed E-state index contributed by atoms with van der Waals surface area (Å²) in [6.07, 6.45) is 22.4. The minimum atomic E-state index is -0.115. The summed E-state index contributed by atoms with van der Waals surface area (Å²) < 4.78 is 0. The minimum Gasteiger partial charge on any atom is -0.309 e. The summed E-state index contributed by atoms with van der Waals surface area (Å²) in [7, 11) is 0. The predicted molar refractivity (Wildman–Crippen MR) is 292 cm³/mol. The van der Waals surface area contributed by atoms with Crippen LogP contribution in [0.3, 0.4) is 0 Å². The van der Waals surface area contributed by atoms with Crippen LogP contribution in [0.2, 0.25) is 0 Å². The highest BCUT2D eigenvalue weighted by Gasteiger charge is 2.36. The fourth-order valence-electron chi connectivity index (χ4n) is 11.0. The van der Waals surface area contributed by atoms with Crippen molar-refractivity contribution >= 4 is 69.6 Å². The molecule has 0 amide bonds. The van der Waals surface area contributed by atoms with Crippen LogP contribution in [-0.2, 0) is 5.41 Å². The first kappa shape index (κ1) is 41.2. The molecule has 326 valence electrons. The Bertz CT molecular complexity index is 3520. The zero-order valence-electron chi connectivity index (χ0n) is 38.9. The lowest BCUT2D eigenvalue weighted by Crippen LogP contribution is -2.17. The Kier molecular flexibility index (Phi) is 10.1. The molecule has 0 atom stereocenters. The smallest absolute Gasteiger partial charge is 0.0534 e. The Morgan fingerprint density at radius 3 is 1.76 bits per heavy atom. The van der Waals surface area contributed by atoms with Gasteiger partial charge >= 0.3 is 0 Å². The highest BCUT2D eigenvalue weighted by molar-refractivity contribution is 5.99. The van der Waals surface area contributed by atoms with Gasteiger partial charge in [0.05, 0.1) is 22.7 Å². The molecule has 4 aliphatic rings. The number of nitrogens with zero attached hydrogens (tertiary/aromatic N) is 2. The molecule has 0 N–H and O–H groups in total. The Labute approximate surface area is 401 Å². The maximum atomic E-state index is 4.18. The van der Waals surface area contributed by atoms with E-state index < -0.39 is 0 Å². The Morgan fingerprint density at radius 2 is 1.07 bits per heavy atom. The Morgan fingerprint density at radius 1 is 0.471 bits per heavy atom. The summed E-state index contributed by atoms with van der Waals surface area (Å²) in [5.41, 5.74) is 26.3. The third-order valence-electron chi connectivity index (χ3n) is 14.5. The number of fused-ring (bicyclic) bond motifs is 7. The summed E-state index contributed by atoms with van der Waals surface area (Å²) in [6.45, 7) is 11.0. The number of hydrogen-bond donors (Lipinski definition) is 0. The summed E-state index contributed by atoms with van der Waals surface area (Å²) in [6, 6.07) is 63.3. The van der Waals surface area contributed by atoms with Gasteiger partial charge in [-0.05, 0) is 182 Å². The number of allylic oxidation sites excluding steroid dienone is 7. The monoisotopic (exact) mass is 872 g/mol. The van der Waals surface area contributed by atoms with Crippen LogP contribution in [0.15, 0.2) is 207 Å². The average molecular weight is 873 g/mol. The van der Waals surface area contributed by atoms with E-state index in [1.165, 1.54) is 72.5 Å². The van der Waals surface area contributed by atoms with Gasteiger partial charge in [-0.3, -0.25) is 0 Å². The number of benzene rings is 8. The maximum Gasteiger partial charge on any atom is 0.0534 e. The van der Waals surface area contributed by atoms with Crippen molar-refractivity contribution in [1.29, 1.82) is 0 Å². The third-order valence-corrected chi connectivity index (χ3v) is 14.5. The maximum absolute atomic E-state index is 4.18. The van der Waals surface area contributed by atoms with Crippen molar-refractivity contribution in [2.45, 2.75) is 39.0 Å². The van der Waals surface area contributed by atoms with E-state index >= 15 is 0 Å². The van der Waals surface area contributed by atoms with Gasteiger partial charge in [-0.2, -0.15) is 0 Å². The molecule has 0 saturated heterocycles. The molecule has 12 rings (SSSR count). The zero-order valence-corrected chi connectivity index (χ0v) is 38.9. The molecule has 8 aromatic rings. The van der Waals surface area contributed by atoms with Crippen molar-refractivity contribution in [3.05, 3.63) is 251 Å². The van der Waals surface area contributed by atoms with Gasteiger partial charge in [0.1, 0.15) is 0 Å². The molecule has 0 radical (unpaired) electrons. The van der Waals surface area contributed by atoms with Crippen LogP contribution in [0, 0.1) is 0 Å². The number of para-hydroxylation sites is 1. The Hall–Kier alpha value is -8.20. The van der Waals surface area contributed by atoms with Gasteiger partial charge in [0.2, 0.25) is 0 Å². The van der Waals surface area contributed by atoms with Gasteiger partial charge in [-0.15, -0.1) is 0 Å². The summed E-state index contributed by atoms with van der Waals surface area (Å²) in [5, 5.41) is 0. The van der Waals surface area contributed by atoms with E-state index in [-0.39, 0.29) is 5.41 Å². The van der Waals surface area contributed by atoms with E-state index in [4.69, 9.17) is 0 Å². The van der Waals surface area contributed by atoms with E-state index in [0.717, 1.165) is 63.5 Å². The van der Waals surface area contributed by atoms with Crippen LogP contribution >= 0.6 is 0 Å². The number of hydrogen-bond acceptors (Lipinski definition) is 2. The molecule has 0 aromatic heterocycles. The van der Waals surface area contributed by atoms with Crippen LogP contribution in [0.5, 0.6) is 0 Å². The zero-order chi connectivity index (χ0) is 45.9. The molecular formula is C66H52N2. The molecule has 2 aliphatic heterocycles. The van der Waals surface area contributed by atoms with Gasteiger partial charge < -0.3 is 9.80 Å². The van der Waals surface area contributed by atoms with Gasteiger partial charge in [0.25, 0.3) is 0 Å². The second-order valence-corrected chi connectivity index (χ2v) is 18.8. The topological polar surface area (TPSA) is 6.48 Å². The van der Waals surface area contributed by atoms with Gasteiger partial charge in [0.15, 0.2) is 0 Å². The molecule has 0 saturated carbocycles. The highest BCUT2D eigenvalue weighted by Crippen LogP contribution is 2.52. The SMILES string of the molecule is C=C/C(=C\C)c1cc(-c2ccccc2)cc(N2c3ccccc3C=Cc3cc(-c4ccc5c(c4)C=Cc4cc(C6=CCCC=C6)ccc4N5c4ccc5c(c4)C(C)(C)c4ccccc4-5)ccc32)c1. The lowest BCUT2D eigenvalue weighted by atomic mass is 9.82. The van der Waals surface area contributed by atoms with Crippen molar-refractivity contribution in [3.8, 4) is 33.4 Å². The summed E-state index contributed by atoms with van der Waals surface area (Å²) in [5.74, 6) is 0. The molecule has 2 heterocycles. The summed E-state index contributed by atoms with van der Waals surface area (Å²) >= 11 is 0. The second-order valence-electron chi connectivity index (χ2n) is 18.8. The second kappa shape index (κ2) is 16.6. The molecule has 2 nitrogen and oxygen atoms in total. The van der Waals surface area contributed by atoms with Crippen LogP contribution < -0.4 is 9.80 Å². The first-order chi connectivity index (χ1) is 33.4. The summed E-state index contributed by atoms with van der Waals surface area (Å²) in [4.78, 5) is 4.92. The Balaban J connectivity index is 0.985. The fourth-order valence-corrected chi connectivity index (χ4v) is 11.0. The van der Waals surface area contributed by atoms with Crippen molar-refractivity contribution < 1.29 is 0 Å². The van der Waals surface area contributed by atoms with Gasteiger partial charge in [0, 0.05) is 16.8 Å². The molecule has 2 aliphatic carbocycles. The highest BCUT2D eigenvalue weighted by atomic mass is 15.2. The van der Waals surface area contributed by atoms with Crippen molar-refractivity contribution in [2.75, 3.05) is 9.80 Å². The van der Waals surface area contributed by atoms with Crippen molar-refractivity contribution in [2.24, 2.45) is 0 Å². The largest absolute Gasteiger partial charge is 0.309 e. The van der Waals surface area contributed by atoms with Crippen LogP contribution in [0.4, 0.5) is 34.1 Å². The molecule has 8 aromatic carbocycles. The van der Waals surface area contributed by atoms with Gasteiger partial charge in [-0.25, -0.2) is 0 Å². The molecule has 68 heavy (non-hydrogen) atoms. The predicted octanol–water partition coefficient (Wildman–Crippen LogP) is 18.6. The normalized spacial score (nSPS) is 15.0. The van der Waals surface area contributed by atoms with E-state index in [0.29, 0.717) is 0 Å². The lowest BCUT2D eigenvalue weighted by Gasteiger charge is -2.30. The van der Waals surface area contributed by atoms with Crippen molar-refractivity contribution in [3.63, 3.8) is 0 Å². The molecule has 0 unspecified atom stereocenters. The van der Waals surface area contributed by atoms with Crippen LogP contribution in [0.25, 0.3) is 68.8 Å². The van der Waals surface area contributed by atoms with E-state index in [1.807, 2.05) is 6.08 Å². The van der Waals surface area contributed by atoms with Crippen LogP contribution in [-0.4, -0.2) is 0 Å². The number of anilines is 6. The fraction of sp³-hybridized carbons (Fsp3) is 0.0909. The molecule has 0 spiro atoms. The number of rotatable bonds is 7. The van der Waals surface area contributed by atoms with E-state index in [9.17, 15) is 0 Å². The standard InChI is InChI=1S/C66H52N2/c1-5-44(6-2)54-40-55(46-19-11-8-12-20-46)42-57(41-54)68-62-24-16-13-21-47(62)25-26-51-38-50(31-36-65(51)68)49-30-35-64-53(39-49)28-27-52-37-48(45-17-9-7-10-18-45)29-34-63(52)67(64)56-32-33-59-58-22-14-15-23-60(58)66(3,4)61(59)43-56/h5-6,8-9,11-43H,1,7,10H2,2-4H3/b44-6+. The molecule has 2 heteroatoms. The average Bonchev–Trinajstić information content (AvgIpc) is 3.50. The third kappa shape index (κ3) is 6.95. The molecule has 0 fully saturated rings. The van der Waals surface area contributed by atoms with Gasteiger partial charge in [-0.1, -0.05) is 172 Å². The lowest BCUT2D eigenvalue weighted by molar-refractivity contribution is 0.660. The first-order valence-corrected chi connectivity index (χ1v) is 24.0. The quantitative estimate of drug-likeness (QED) is 0.147. The first-order valence-electron chi connectivity index (χ1n) is 24.0. The molecular weight excluding hydrogens is 821 g/mol. The van der Waals surface area contributed by atoms with Crippen LogP contribution in [0.1, 0.15) is 78.1 Å². The van der Waals surface area contributed by atoms with E-state index in [1.54, 1.807) is 0 Å². The minimum absolute atomic E-state index is 0.115.